The maximum absolute atomic E-state index is 11.2. The van der Waals surface area contributed by atoms with E-state index in [4.69, 9.17) is 12.2 Å². The molecule has 0 spiro atoms. The number of hydrogen-bond donors (Lipinski definition) is 1. The summed E-state index contributed by atoms with van der Waals surface area (Å²) in [6.45, 7) is 13.1. The van der Waals surface area contributed by atoms with Gasteiger partial charge in [0.25, 0.3) is 0 Å². The molecule has 0 heterocycles. The molecular formula is C13H17NOS2. The summed E-state index contributed by atoms with van der Waals surface area (Å²) in [6.07, 6.45) is 5.19. The number of carbonyl (C=O) groups is 1. The molecule has 0 unspecified atom stereocenters. The van der Waals surface area contributed by atoms with Crippen LogP contribution < -0.4 is 5.32 Å². The molecule has 0 saturated carbocycles. The first kappa shape index (κ1) is 15.9. The van der Waals surface area contributed by atoms with Crippen LogP contribution in [0.1, 0.15) is 6.92 Å². The van der Waals surface area contributed by atoms with Gasteiger partial charge in [0.2, 0.25) is 5.91 Å². The summed E-state index contributed by atoms with van der Waals surface area (Å²) in [6, 6.07) is 0. The molecule has 0 aromatic heterocycles. The van der Waals surface area contributed by atoms with Gasteiger partial charge in [-0.25, -0.2) is 0 Å². The van der Waals surface area contributed by atoms with Crippen molar-refractivity contribution in [3.8, 4) is 0 Å². The molecule has 0 rings (SSSR count). The largest absolute Gasteiger partial charge is 0.352 e. The number of hydrogen-bond acceptors (Lipinski definition) is 3. The van der Waals surface area contributed by atoms with Gasteiger partial charge in [0.15, 0.2) is 0 Å². The van der Waals surface area contributed by atoms with E-state index >= 15 is 0 Å². The van der Waals surface area contributed by atoms with Crippen molar-refractivity contribution in [3.63, 3.8) is 0 Å². The van der Waals surface area contributed by atoms with Crippen molar-refractivity contribution < 1.29 is 4.79 Å². The highest BCUT2D eigenvalue weighted by atomic mass is 32.2. The van der Waals surface area contributed by atoms with E-state index in [0.717, 1.165) is 15.5 Å². The molecule has 92 valence electrons. The number of nitrogens with one attached hydrogen (secondary N) is 1. The maximum atomic E-state index is 11.2. The zero-order valence-electron chi connectivity index (χ0n) is 9.99. The highest BCUT2D eigenvalue weighted by molar-refractivity contribution is 8.23. The molecule has 0 bridgehead atoms. The van der Waals surface area contributed by atoms with Gasteiger partial charge in [-0.2, -0.15) is 0 Å². The number of thioether (sulfide) groups is 1. The highest BCUT2D eigenvalue weighted by Crippen LogP contribution is 2.13. The summed E-state index contributed by atoms with van der Waals surface area (Å²) < 4.78 is 0.754. The zero-order chi connectivity index (χ0) is 13.3. The number of allylic oxidation sites excluding steroid dienone is 3. The van der Waals surface area contributed by atoms with E-state index in [2.05, 4.69) is 25.1 Å². The first-order valence-electron chi connectivity index (χ1n) is 5.09. The van der Waals surface area contributed by atoms with Crippen molar-refractivity contribution in [2.45, 2.75) is 6.92 Å². The van der Waals surface area contributed by atoms with Gasteiger partial charge < -0.3 is 5.32 Å². The lowest BCUT2D eigenvalue weighted by Crippen LogP contribution is -2.26. The normalized spacial score (nSPS) is 10.5. The third-order valence-corrected chi connectivity index (χ3v) is 3.26. The number of carbonyl (C=O) groups excluding carboxylic acids is 1. The lowest BCUT2D eigenvalue weighted by atomic mass is 10.3. The van der Waals surface area contributed by atoms with Crippen molar-refractivity contribution in [1.82, 2.24) is 5.32 Å². The Morgan fingerprint density at radius 1 is 1.47 bits per heavy atom. The Bertz CT molecular complexity index is 370. The van der Waals surface area contributed by atoms with Crippen LogP contribution in [-0.4, -0.2) is 22.4 Å². The average molecular weight is 267 g/mol. The Balaban J connectivity index is 3.97. The van der Waals surface area contributed by atoms with Gasteiger partial charge in [-0.15, -0.1) is 11.8 Å². The predicted molar refractivity (Wildman–Crippen MR) is 81.4 cm³/mol. The summed E-state index contributed by atoms with van der Waals surface area (Å²) in [5.74, 6) is 0.599. The van der Waals surface area contributed by atoms with E-state index in [1.807, 2.05) is 6.08 Å². The molecule has 0 saturated heterocycles. The van der Waals surface area contributed by atoms with Crippen LogP contribution in [0.3, 0.4) is 0 Å². The fourth-order valence-electron chi connectivity index (χ4n) is 0.889. The van der Waals surface area contributed by atoms with E-state index < -0.39 is 0 Å². The molecule has 0 aliphatic heterocycles. The minimum Gasteiger partial charge on any atom is -0.352 e. The third kappa shape index (κ3) is 6.92. The van der Waals surface area contributed by atoms with E-state index in [9.17, 15) is 4.79 Å². The SMILES string of the molecule is C=C/C=C(\C=C)C(=S)SCCNC(=O)C(=C)C. The van der Waals surface area contributed by atoms with Crippen molar-refractivity contribution in [2.75, 3.05) is 12.3 Å². The van der Waals surface area contributed by atoms with E-state index in [0.29, 0.717) is 12.1 Å². The average Bonchev–Trinajstić information content (AvgIpc) is 2.30. The van der Waals surface area contributed by atoms with Gasteiger partial charge in [-0.05, 0) is 12.5 Å². The molecule has 0 atom stereocenters. The molecule has 1 N–H and O–H groups in total. The van der Waals surface area contributed by atoms with Crippen LogP contribution in [0.15, 0.2) is 49.1 Å². The minimum atomic E-state index is -0.123. The highest BCUT2D eigenvalue weighted by Gasteiger charge is 2.03. The van der Waals surface area contributed by atoms with E-state index in [1.54, 1.807) is 19.1 Å². The Kier molecular flexibility index (Phi) is 8.36. The van der Waals surface area contributed by atoms with E-state index in [1.165, 1.54) is 11.8 Å². The first-order valence-corrected chi connectivity index (χ1v) is 6.48. The summed E-state index contributed by atoms with van der Waals surface area (Å²) in [4.78, 5) is 11.2. The van der Waals surface area contributed by atoms with Crippen LogP contribution in [-0.2, 0) is 4.79 Å². The molecule has 1 amide bonds. The first-order chi connectivity index (χ1) is 8.02. The quantitative estimate of drug-likeness (QED) is 0.333. The molecule has 0 radical (unpaired) electrons. The van der Waals surface area contributed by atoms with Crippen LogP contribution >= 0.6 is 24.0 Å². The topological polar surface area (TPSA) is 29.1 Å². The Morgan fingerprint density at radius 2 is 2.12 bits per heavy atom. The predicted octanol–water partition coefficient (Wildman–Crippen LogP) is 3.04. The van der Waals surface area contributed by atoms with Crippen LogP contribution in [0.25, 0.3) is 0 Å². The van der Waals surface area contributed by atoms with Gasteiger partial charge in [0.05, 0.1) is 4.20 Å². The van der Waals surface area contributed by atoms with Gasteiger partial charge in [0.1, 0.15) is 0 Å². The van der Waals surface area contributed by atoms with Crippen molar-refractivity contribution >= 4 is 34.1 Å². The van der Waals surface area contributed by atoms with Crippen LogP contribution in [0.5, 0.6) is 0 Å². The van der Waals surface area contributed by atoms with Gasteiger partial charge >= 0.3 is 0 Å². The summed E-state index contributed by atoms with van der Waals surface area (Å²) in [7, 11) is 0. The van der Waals surface area contributed by atoms with Crippen LogP contribution in [0.4, 0.5) is 0 Å². The molecular weight excluding hydrogens is 250 g/mol. The standard InChI is InChI=1S/C13H17NOS2/c1-5-7-11(6-2)13(16)17-9-8-14-12(15)10(3)4/h5-7H,1-3,8-9H2,4H3,(H,14,15)/b11-7+. The molecule has 0 aromatic carbocycles. The smallest absolute Gasteiger partial charge is 0.246 e. The molecule has 4 heteroatoms. The minimum absolute atomic E-state index is 0.123. The van der Waals surface area contributed by atoms with Gasteiger partial charge in [0, 0.05) is 17.9 Å². The third-order valence-electron chi connectivity index (χ3n) is 1.76. The number of rotatable bonds is 7. The van der Waals surface area contributed by atoms with Crippen molar-refractivity contribution in [2.24, 2.45) is 0 Å². The summed E-state index contributed by atoms with van der Waals surface area (Å²) in [5, 5.41) is 2.74. The fourth-order valence-corrected chi connectivity index (χ4v) is 2.00. The Labute approximate surface area is 113 Å². The van der Waals surface area contributed by atoms with Gasteiger partial charge in [-0.1, -0.05) is 50.2 Å². The molecule has 2 nitrogen and oxygen atoms in total. The Morgan fingerprint density at radius 3 is 2.59 bits per heavy atom. The number of thiocarbonyl (C=S) groups is 1. The monoisotopic (exact) mass is 267 g/mol. The second-order valence-electron chi connectivity index (χ2n) is 3.23. The molecule has 0 aliphatic carbocycles. The van der Waals surface area contributed by atoms with Crippen LogP contribution in [0.2, 0.25) is 0 Å². The maximum Gasteiger partial charge on any atom is 0.246 e. The number of amides is 1. The molecule has 17 heavy (non-hydrogen) atoms. The van der Waals surface area contributed by atoms with Crippen molar-refractivity contribution in [1.29, 1.82) is 0 Å². The molecule has 0 aromatic rings. The van der Waals surface area contributed by atoms with Crippen molar-refractivity contribution in [3.05, 3.63) is 49.1 Å². The Hall–Kier alpha value is -1.13. The van der Waals surface area contributed by atoms with E-state index in [-0.39, 0.29) is 5.91 Å². The van der Waals surface area contributed by atoms with Crippen LogP contribution in [0, 0.1) is 0 Å². The second-order valence-corrected chi connectivity index (χ2v) is 5.01. The zero-order valence-corrected chi connectivity index (χ0v) is 11.6. The van der Waals surface area contributed by atoms with Gasteiger partial charge in [-0.3, -0.25) is 4.79 Å². The fraction of sp³-hybridized carbons (Fsp3) is 0.231. The molecule has 0 fully saturated rings. The lowest BCUT2D eigenvalue weighted by molar-refractivity contribution is -0.117. The lowest BCUT2D eigenvalue weighted by Gasteiger charge is -2.06. The molecule has 0 aliphatic rings. The summed E-state index contributed by atoms with van der Waals surface area (Å²) in [5.41, 5.74) is 1.39. The second kappa shape index (κ2) is 8.96. The summed E-state index contributed by atoms with van der Waals surface area (Å²) >= 11 is 6.72.